The molecule has 108 valence electrons. The molecule has 8 nitrogen and oxygen atoms in total. The third-order valence-electron chi connectivity index (χ3n) is 4.21. The Balaban J connectivity index is 1.68. The summed E-state index contributed by atoms with van der Waals surface area (Å²) in [5, 5.41) is 13.7. The van der Waals surface area contributed by atoms with Crippen molar-refractivity contribution in [1.82, 2.24) is 30.4 Å². The van der Waals surface area contributed by atoms with Gasteiger partial charge in [-0.2, -0.15) is 0 Å². The molecule has 2 aliphatic rings. The summed E-state index contributed by atoms with van der Waals surface area (Å²) in [6, 6.07) is 0. The minimum absolute atomic E-state index is 0.00931. The summed E-state index contributed by atoms with van der Waals surface area (Å²) in [5.74, 6) is 0.0204. The quantitative estimate of drug-likeness (QED) is 0.792. The predicted octanol–water partition coefficient (Wildman–Crippen LogP) is -0.666. The summed E-state index contributed by atoms with van der Waals surface area (Å²) in [6.07, 6.45) is 5.18. The summed E-state index contributed by atoms with van der Waals surface area (Å²) in [7, 11) is 0. The average molecular weight is 278 g/mol. The molecule has 20 heavy (non-hydrogen) atoms. The fourth-order valence-electron chi connectivity index (χ4n) is 3.23. The first kappa shape index (κ1) is 13.0. The molecule has 0 radical (unpaired) electrons. The van der Waals surface area contributed by atoms with Crippen molar-refractivity contribution in [2.75, 3.05) is 13.1 Å². The maximum atomic E-state index is 12.4. The molecule has 1 spiro atoms. The standard InChI is InChI=1S/C12H18N6O2/c19-10(3-8-17-9-14-15-16-17)18-7-2-5-12(18)4-1-6-13-11(12)20/h9H,1-8H2,(H,13,20). The van der Waals surface area contributed by atoms with Crippen LogP contribution >= 0.6 is 0 Å². The molecular formula is C12H18N6O2. The van der Waals surface area contributed by atoms with E-state index in [4.69, 9.17) is 0 Å². The Bertz CT molecular complexity index is 502. The number of hydrogen-bond acceptors (Lipinski definition) is 5. The predicted molar refractivity (Wildman–Crippen MR) is 68.4 cm³/mol. The first-order valence-electron chi connectivity index (χ1n) is 7.02. The Hall–Kier alpha value is -1.99. The van der Waals surface area contributed by atoms with E-state index < -0.39 is 5.54 Å². The van der Waals surface area contributed by atoms with Crippen molar-refractivity contribution in [3.8, 4) is 0 Å². The number of rotatable bonds is 3. The molecule has 0 saturated carbocycles. The molecule has 2 fully saturated rings. The van der Waals surface area contributed by atoms with Crippen LogP contribution in [0.25, 0.3) is 0 Å². The molecule has 1 unspecified atom stereocenters. The molecule has 2 aliphatic heterocycles. The number of nitrogens with zero attached hydrogens (tertiary/aromatic N) is 5. The van der Waals surface area contributed by atoms with Crippen LogP contribution in [0.15, 0.2) is 6.33 Å². The SMILES string of the molecule is O=C(CCn1cnnn1)N1CCCC12CCCNC2=O. The summed E-state index contributed by atoms with van der Waals surface area (Å²) >= 11 is 0. The van der Waals surface area contributed by atoms with E-state index in [0.717, 1.165) is 25.7 Å². The van der Waals surface area contributed by atoms with Gasteiger partial charge in [-0.3, -0.25) is 9.59 Å². The lowest BCUT2D eigenvalue weighted by Gasteiger charge is -2.40. The van der Waals surface area contributed by atoms with Crippen molar-refractivity contribution in [2.45, 2.75) is 44.2 Å². The van der Waals surface area contributed by atoms with Crippen LogP contribution in [0.3, 0.4) is 0 Å². The maximum Gasteiger partial charge on any atom is 0.245 e. The molecule has 1 N–H and O–H groups in total. The number of nitrogens with one attached hydrogen (secondary N) is 1. The number of hydrogen-bond donors (Lipinski definition) is 1. The van der Waals surface area contributed by atoms with Crippen molar-refractivity contribution in [1.29, 1.82) is 0 Å². The van der Waals surface area contributed by atoms with Gasteiger partial charge in [0.25, 0.3) is 0 Å². The molecule has 8 heteroatoms. The van der Waals surface area contributed by atoms with Crippen LogP contribution in [0.2, 0.25) is 0 Å². The van der Waals surface area contributed by atoms with Gasteiger partial charge in [-0.1, -0.05) is 0 Å². The fraction of sp³-hybridized carbons (Fsp3) is 0.750. The van der Waals surface area contributed by atoms with Crippen LogP contribution in [0.4, 0.5) is 0 Å². The number of aryl methyl sites for hydroxylation is 1. The molecular weight excluding hydrogens is 260 g/mol. The van der Waals surface area contributed by atoms with Crippen molar-refractivity contribution in [3.63, 3.8) is 0 Å². The van der Waals surface area contributed by atoms with Crippen molar-refractivity contribution < 1.29 is 9.59 Å². The smallest absolute Gasteiger partial charge is 0.245 e. The summed E-state index contributed by atoms with van der Waals surface area (Å²) in [4.78, 5) is 26.4. The van der Waals surface area contributed by atoms with E-state index in [0.29, 0.717) is 26.1 Å². The van der Waals surface area contributed by atoms with Gasteiger partial charge in [0.2, 0.25) is 11.8 Å². The maximum absolute atomic E-state index is 12.4. The molecule has 2 saturated heterocycles. The number of aromatic nitrogens is 4. The Labute approximate surface area is 116 Å². The Morgan fingerprint density at radius 3 is 3.00 bits per heavy atom. The number of likely N-dealkylation sites (tertiary alicyclic amines) is 1. The van der Waals surface area contributed by atoms with Gasteiger partial charge in [-0.05, 0) is 36.1 Å². The number of tetrazole rings is 1. The topological polar surface area (TPSA) is 93.0 Å². The van der Waals surface area contributed by atoms with E-state index >= 15 is 0 Å². The van der Waals surface area contributed by atoms with Gasteiger partial charge in [0.15, 0.2) is 0 Å². The van der Waals surface area contributed by atoms with E-state index in [-0.39, 0.29) is 11.8 Å². The van der Waals surface area contributed by atoms with Crippen LogP contribution in [0.5, 0.6) is 0 Å². The minimum atomic E-state index is -0.601. The highest BCUT2D eigenvalue weighted by Gasteiger charge is 2.50. The normalized spacial score (nSPS) is 26.0. The highest BCUT2D eigenvalue weighted by atomic mass is 16.2. The third kappa shape index (κ3) is 2.14. The van der Waals surface area contributed by atoms with Crippen molar-refractivity contribution >= 4 is 11.8 Å². The summed E-state index contributed by atoms with van der Waals surface area (Å²) < 4.78 is 1.53. The van der Waals surface area contributed by atoms with Gasteiger partial charge in [-0.15, -0.1) is 5.10 Å². The van der Waals surface area contributed by atoms with Gasteiger partial charge < -0.3 is 10.2 Å². The Morgan fingerprint density at radius 2 is 2.25 bits per heavy atom. The van der Waals surface area contributed by atoms with Gasteiger partial charge in [0.05, 0.1) is 6.54 Å². The summed E-state index contributed by atoms with van der Waals surface area (Å²) in [5.41, 5.74) is -0.601. The van der Waals surface area contributed by atoms with Gasteiger partial charge in [-0.25, -0.2) is 4.68 Å². The first-order valence-corrected chi connectivity index (χ1v) is 7.02. The molecule has 3 rings (SSSR count). The number of amides is 2. The van der Waals surface area contributed by atoms with Crippen molar-refractivity contribution in [3.05, 3.63) is 6.33 Å². The average Bonchev–Trinajstić information content (AvgIpc) is 3.10. The van der Waals surface area contributed by atoms with Crippen molar-refractivity contribution in [2.24, 2.45) is 0 Å². The van der Waals surface area contributed by atoms with Crippen LogP contribution in [-0.4, -0.2) is 55.5 Å². The lowest BCUT2D eigenvalue weighted by Crippen LogP contribution is -2.60. The lowest BCUT2D eigenvalue weighted by molar-refractivity contribution is -0.147. The van der Waals surface area contributed by atoms with Crippen LogP contribution in [0, 0.1) is 0 Å². The zero-order valence-electron chi connectivity index (χ0n) is 11.3. The second-order valence-corrected chi connectivity index (χ2v) is 5.36. The Morgan fingerprint density at radius 1 is 1.40 bits per heavy atom. The van der Waals surface area contributed by atoms with E-state index in [9.17, 15) is 9.59 Å². The molecule has 3 heterocycles. The van der Waals surface area contributed by atoms with Crippen LogP contribution in [0.1, 0.15) is 32.1 Å². The molecule has 0 bridgehead atoms. The van der Waals surface area contributed by atoms with E-state index in [1.165, 1.54) is 11.0 Å². The Kier molecular flexibility index (Phi) is 3.37. The van der Waals surface area contributed by atoms with E-state index in [2.05, 4.69) is 20.8 Å². The number of piperidine rings is 1. The highest BCUT2D eigenvalue weighted by molar-refractivity contribution is 5.92. The van der Waals surface area contributed by atoms with E-state index in [1.54, 1.807) is 4.90 Å². The van der Waals surface area contributed by atoms with E-state index in [1.807, 2.05) is 0 Å². The van der Waals surface area contributed by atoms with Crippen LogP contribution < -0.4 is 5.32 Å². The first-order chi connectivity index (χ1) is 9.72. The zero-order valence-corrected chi connectivity index (χ0v) is 11.3. The summed E-state index contributed by atoms with van der Waals surface area (Å²) in [6.45, 7) is 1.83. The molecule has 1 aromatic heterocycles. The molecule has 2 amide bonds. The highest BCUT2D eigenvalue weighted by Crippen LogP contribution is 2.36. The third-order valence-corrected chi connectivity index (χ3v) is 4.21. The fourth-order valence-corrected chi connectivity index (χ4v) is 3.23. The molecule has 0 aromatic carbocycles. The second kappa shape index (κ2) is 5.18. The van der Waals surface area contributed by atoms with Gasteiger partial charge in [0, 0.05) is 19.5 Å². The molecule has 1 atom stereocenters. The largest absolute Gasteiger partial charge is 0.354 e. The second-order valence-electron chi connectivity index (χ2n) is 5.36. The monoisotopic (exact) mass is 278 g/mol. The molecule has 0 aliphatic carbocycles. The zero-order chi connectivity index (χ0) is 14.0. The number of carbonyl (C=O) groups excluding carboxylic acids is 2. The number of carbonyl (C=O) groups is 2. The van der Waals surface area contributed by atoms with Gasteiger partial charge in [0.1, 0.15) is 11.9 Å². The van der Waals surface area contributed by atoms with Crippen LogP contribution in [-0.2, 0) is 16.1 Å². The molecule has 1 aromatic rings. The lowest BCUT2D eigenvalue weighted by atomic mass is 9.86. The minimum Gasteiger partial charge on any atom is -0.354 e. The van der Waals surface area contributed by atoms with Gasteiger partial charge >= 0.3 is 0 Å².